The van der Waals surface area contributed by atoms with Crippen molar-refractivity contribution in [2.45, 2.75) is 26.5 Å². The molecule has 5 rings (SSSR count). The highest BCUT2D eigenvalue weighted by Gasteiger charge is 2.25. The Morgan fingerprint density at radius 2 is 1.45 bits per heavy atom. The highest BCUT2D eigenvalue weighted by Crippen LogP contribution is 2.31. The molecule has 0 saturated carbocycles. The first-order chi connectivity index (χ1) is 16.2. The fourth-order valence-corrected chi connectivity index (χ4v) is 4.74. The van der Waals surface area contributed by atoms with Crippen molar-refractivity contribution in [1.82, 2.24) is 24.9 Å². The van der Waals surface area contributed by atoms with Crippen molar-refractivity contribution < 1.29 is 9.13 Å². The molecule has 0 radical (unpaired) electrons. The van der Waals surface area contributed by atoms with E-state index in [1.165, 1.54) is 35.7 Å². The quantitative estimate of drug-likeness (QED) is 0.392. The van der Waals surface area contributed by atoms with Gasteiger partial charge in [0.15, 0.2) is 10.3 Å². The van der Waals surface area contributed by atoms with E-state index < -0.39 is 0 Å². The average molecular weight is 479 g/mol. The second-order valence-corrected chi connectivity index (χ2v) is 9.07. The maximum atomic E-state index is 13.3. The van der Waals surface area contributed by atoms with E-state index in [0.29, 0.717) is 36.0 Å². The third-order valence-corrected chi connectivity index (χ3v) is 6.47. The maximum absolute atomic E-state index is 13.3. The van der Waals surface area contributed by atoms with Gasteiger partial charge in [0, 0.05) is 18.9 Å². The van der Waals surface area contributed by atoms with Crippen LogP contribution in [0.4, 0.5) is 10.3 Å². The molecular weight excluding hydrogens is 459 g/mol. The zero-order valence-corrected chi connectivity index (χ0v) is 19.0. The molecule has 166 valence electrons. The van der Waals surface area contributed by atoms with Gasteiger partial charge in [-0.2, -0.15) is 15.0 Å². The van der Waals surface area contributed by atoms with Gasteiger partial charge in [0.05, 0.1) is 13.2 Å². The molecule has 0 N–H and O–H groups in total. The topological polar surface area (TPSA) is 76.9 Å². The van der Waals surface area contributed by atoms with E-state index in [9.17, 15) is 4.39 Å². The Morgan fingerprint density at radius 3 is 2.03 bits per heavy atom. The van der Waals surface area contributed by atoms with Crippen LogP contribution in [0.25, 0.3) is 0 Å². The molecule has 3 aromatic heterocycles. The summed E-state index contributed by atoms with van der Waals surface area (Å²) in [5.74, 6) is 0.300. The molecule has 4 heterocycles. The fraction of sp³-hybridized carbons (Fsp3) is 0.174. The van der Waals surface area contributed by atoms with Crippen molar-refractivity contribution in [2.24, 2.45) is 0 Å². The molecule has 1 saturated heterocycles. The number of halogens is 1. The summed E-state index contributed by atoms with van der Waals surface area (Å²) in [5, 5.41) is 2.72. The van der Waals surface area contributed by atoms with Gasteiger partial charge in [0.2, 0.25) is 5.95 Å². The number of morpholine rings is 1. The Hall–Kier alpha value is -3.08. The van der Waals surface area contributed by atoms with E-state index in [-0.39, 0.29) is 11.9 Å². The number of nitrogens with zero attached hydrogens (tertiary/aromatic N) is 6. The van der Waals surface area contributed by atoms with Crippen molar-refractivity contribution in [2.75, 3.05) is 24.6 Å². The summed E-state index contributed by atoms with van der Waals surface area (Å²) in [6.07, 6.45) is 3.28. The van der Waals surface area contributed by atoms with Crippen molar-refractivity contribution in [3.63, 3.8) is 0 Å². The predicted molar refractivity (Wildman–Crippen MR) is 124 cm³/mol. The molecule has 10 heteroatoms. The summed E-state index contributed by atoms with van der Waals surface area (Å²) in [4.78, 5) is 24.9. The molecule has 0 aliphatic carbocycles. The number of anilines is 1. The van der Waals surface area contributed by atoms with Crippen LogP contribution in [0.5, 0.6) is 0 Å². The van der Waals surface area contributed by atoms with Crippen molar-refractivity contribution in [3.05, 3.63) is 84.4 Å². The highest BCUT2D eigenvalue weighted by atomic mass is 32.2. The van der Waals surface area contributed by atoms with E-state index >= 15 is 0 Å². The minimum absolute atomic E-state index is 0.199. The first kappa shape index (κ1) is 21.7. The Kier molecular flexibility index (Phi) is 6.75. The SMILES string of the molecule is Fc1ccc(C2CN(c3nc(Sc4ccccn4)nc(Sc4ccccn4)n3)CCO2)cc1. The van der Waals surface area contributed by atoms with E-state index in [0.717, 1.165) is 15.6 Å². The molecule has 1 aliphatic heterocycles. The van der Waals surface area contributed by atoms with Crippen LogP contribution < -0.4 is 4.90 Å². The zero-order valence-electron chi connectivity index (χ0n) is 17.4. The van der Waals surface area contributed by atoms with Crippen LogP contribution in [0.1, 0.15) is 11.7 Å². The lowest BCUT2D eigenvalue weighted by atomic mass is 10.1. The second-order valence-electron chi connectivity index (χ2n) is 7.10. The first-order valence-electron chi connectivity index (χ1n) is 10.3. The molecule has 0 spiro atoms. The maximum Gasteiger partial charge on any atom is 0.230 e. The summed E-state index contributed by atoms with van der Waals surface area (Å²) in [5.41, 5.74) is 0.918. The van der Waals surface area contributed by atoms with Gasteiger partial charge in [-0.1, -0.05) is 24.3 Å². The number of pyridine rings is 2. The van der Waals surface area contributed by atoms with Crippen LogP contribution in [0, 0.1) is 5.82 Å². The molecule has 4 aromatic rings. The normalized spacial score (nSPS) is 16.0. The lowest BCUT2D eigenvalue weighted by Gasteiger charge is -2.33. The minimum Gasteiger partial charge on any atom is -0.370 e. The van der Waals surface area contributed by atoms with E-state index in [1.807, 2.05) is 36.4 Å². The molecule has 7 nitrogen and oxygen atoms in total. The highest BCUT2D eigenvalue weighted by molar-refractivity contribution is 7.99. The van der Waals surface area contributed by atoms with Gasteiger partial charge >= 0.3 is 0 Å². The third kappa shape index (κ3) is 5.65. The van der Waals surface area contributed by atoms with Gasteiger partial charge in [0.25, 0.3) is 0 Å². The van der Waals surface area contributed by atoms with Crippen LogP contribution in [0.2, 0.25) is 0 Å². The molecule has 0 bridgehead atoms. The lowest BCUT2D eigenvalue weighted by Crippen LogP contribution is -2.39. The summed E-state index contributed by atoms with van der Waals surface area (Å²) in [6, 6.07) is 17.8. The van der Waals surface area contributed by atoms with Crippen molar-refractivity contribution in [3.8, 4) is 0 Å². The summed E-state index contributed by atoms with van der Waals surface area (Å²) in [7, 11) is 0. The molecule has 33 heavy (non-hydrogen) atoms. The number of rotatable bonds is 6. The van der Waals surface area contributed by atoms with Gasteiger partial charge in [-0.25, -0.2) is 14.4 Å². The summed E-state index contributed by atoms with van der Waals surface area (Å²) >= 11 is 2.77. The van der Waals surface area contributed by atoms with Crippen LogP contribution in [0.3, 0.4) is 0 Å². The number of ether oxygens (including phenoxy) is 1. The van der Waals surface area contributed by atoms with Crippen LogP contribution >= 0.6 is 23.5 Å². The van der Waals surface area contributed by atoms with Gasteiger partial charge < -0.3 is 9.64 Å². The molecule has 1 atom stereocenters. The van der Waals surface area contributed by atoms with Crippen LogP contribution in [-0.2, 0) is 4.74 Å². The van der Waals surface area contributed by atoms with E-state index in [1.54, 1.807) is 24.5 Å². The Balaban J connectivity index is 1.43. The summed E-state index contributed by atoms with van der Waals surface area (Å²) < 4.78 is 19.3. The van der Waals surface area contributed by atoms with Crippen molar-refractivity contribution >= 4 is 29.5 Å². The summed E-state index contributed by atoms with van der Waals surface area (Å²) in [6.45, 7) is 1.71. The predicted octanol–water partition coefficient (Wildman–Crippen LogP) is 4.68. The number of hydrogen-bond acceptors (Lipinski definition) is 9. The molecule has 1 aliphatic rings. The number of hydrogen-bond donors (Lipinski definition) is 0. The Labute approximate surface area is 198 Å². The monoisotopic (exact) mass is 478 g/mol. The second kappa shape index (κ2) is 10.2. The molecule has 1 fully saturated rings. The van der Waals surface area contributed by atoms with Crippen molar-refractivity contribution in [1.29, 1.82) is 0 Å². The van der Waals surface area contributed by atoms with E-state index in [2.05, 4.69) is 19.9 Å². The Bertz CT molecular complexity index is 1140. The smallest absolute Gasteiger partial charge is 0.230 e. The lowest BCUT2D eigenvalue weighted by molar-refractivity contribution is 0.0391. The fourth-order valence-electron chi connectivity index (χ4n) is 3.27. The van der Waals surface area contributed by atoms with Gasteiger partial charge in [-0.15, -0.1) is 0 Å². The largest absolute Gasteiger partial charge is 0.370 e. The minimum atomic E-state index is -0.267. The van der Waals surface area contributed by atoms with Gasteiger partial charge in [-0.3, -0.25) is 0 Å². The molecule has 0 amide bonds. The third-order valence-electron chi connectivity index (χ3n) is 4.84. The molecule has 1 aromatic carbocycles. The Morgan fingerprint density at radius 1 is 0.818 bits per heavy atom. The number of aromatic nitrogens is 5. The standard InChI is InChI=1S/C23H19FN6OS2/c24-17-9-7-16(8-10-17)18-15-30(13-14-31-18)21-27-22(32-19-5-1-3-11-25-19)29-23(28-21)33-20-6-2-4-12-26-20/h1-12,18H,13-15H2. The van der Waals surface area contributed by atoms with E-state index in [4.69, 9.17) is 14.7 Å². The molecular formula is C23H19FN6OS2. The van der Waals surface area contributed by atoms with Gasteiger partial charge in [0.1, 0.15) is 22.0 Å². The van der Waals surface area contributed by atoms with Crippen LogP contribution in [0.15, 0.2) is 93.4 Å². The van der Waals surface area contributed by atoms with Gasteiger partial charge in [-0.05, 0) is 65.5 Å². The zero-order chi connectivity index (χ0) is 22.5. The average Bonchev–Trinajstić information content (AvgIpc) is 2.86. The van der Waals surface area contributed by atoms with Crippen LogP contribution in [-0.4, -0.2) is 44.6 Å². The first-order valence-corrected chi connectivity index (χ1v) is 11.9. The molecule has 1 unspecified atom stereocenters. The number of benzene rings is 1.